The second-order valence-corrected chi connectivity index (χ2v) is 16.3. The molecule has 0 radical (unpaired) electrons. The molecule has 12 heteroatoms. The minimum atomic E-state index is -0.979. The number of aliphatic hydroxyl groups is 2. The molecule has 294 valence electrons. The normalized spacial score (nSPS) is 33.4. The van der Waals surface area contributed by atoms with Crippen molar-refractivity contribution in [3.63, 3.8) is 0 Å². The summed E-state index contributed by atoms with van der Waals surface area (Å²) >= 11 is 0. The number of fused-ring (bicyclic) bond motifs is 2. The smallest absolute Gasteiger partial charge is 0.418 e. The molecule has 6 N–H and O–H groups in total. The Hall–Kier alpha value is -3.84. The number of hydrogen-bond donors (Lipinski definition) is 4. The van der Waals surface area contributed by atoms with Crippen LogP contribution in [0.5, 0.6) is 0 Å². The van der Waals surface area contributed by atoms with Crippen molar-refractivity contribution >= 4 is 24.4 Å². The highest BCUT2D eigenvalue weighted by Gasteiger charge is 2.65. The van der Waals surface area contributed by atoms with E-state index in [0.717, 1.165) is 47.9 Å². The summed E-state index contributed by atoms with van der Waals surface area (Å²) in [6.07, 6.45) is 10.4. The maximum atomic E-state index is 14.3. The lowest BCUT2D eigenvalue weighted by Gasteiger charge is -2.52. The molecule has 2 aromatic carbocycles. The van der Waals surface area contributed by atoms with Crippen molar-refractivity contribution in [2.24, 2.45) is 44.4 Å². The first kappa shape index (κ1) is 39.8. The minimum Gasteiger partial charge on any atom is -0.450 e. The molecule has 4 aliphatic carbocycles. The number of aliphatic hydroxyl groups excluding tert-OH is 2. The van der Waals surface area contributed by atoms with Gasteiger partial charge in [0.05, 0.1) is 13.2 Å². The van der Waals surface area contributed by atoms with Gasteiger partial charge in [-0.1, -0.05) is 72.7 Å². The third-order valence-electron chi connectivity index (χ3n) is 13.6. The van der Waals surface area contributed by atoms with Gasteiger partial charge in [0, 0.05) is 48.2 Å². The fraction of sp³-hybridized carbons (Fsp3) is 0.619. The summed E-state index contributed by atoms with van der Waals surface area (Å²) in [5, 5.41) is 28.2. The van der Waals surface area contributed by atoms with Gasteiger partial charge in [0.1, 0.15) is 24.4 Å². The number of hydrogen-bond acceptors (Lipinski definition) is 12. The molecule has 0 heterocycles. The molecular formula is C42H58N4O8. The zero-order valence-corrected chi connectivity index (χ0v) is 31.8. The lowest BCUT2D eigenvalue weighted by Crippen LogP contribution is -2.55. The Morgan fingerprint density at radius 2 is 1.13 bits per heavy atom. The van der Waals surface area contributed by atoms with Gasteiger partial charge in [-0.3, -0.25) is 0 Å². The van der Waals surface area contributed by atoms with E-state index in [9.17, 15) is 19.8 Å². The van der Waals surface area contributed by atoms with Crippen molar-refractivity contribution in [1.82, 2.24) is 0 Å². The van der Waals surface area contributed by atoms with Crippen LogP contribution in [0.25, 0.3) is 0 Å². The Bertz CT molecular complexity index is 1570. The molecule has 4 aliphatic rings. The van der Waals surface area contributed by atoms with Crippen LogP contribution in [0.1, 0.15) is 112 Å². The lowest BCUT2D eigenvalue weighted by atomic mass is 9.59. The highest BCUT2D eigenvalue weighted by Crippen LogP contribution is 2.64. The first-order valence-electron chi connectivity index (χ1n) is 19.6. The van der Waals surface area contributed by atoms with Crippen LogP contribution < -0.4 is 11.5 Å². The minimum absolute atomic E-state index is 0.0455. The fourth-order valence-electron chi connectivity index (χ4n) is 10.3. The molecule has 0 unspecified atom stereocenters. The van der Waals surface area contributed by atoms with E-state index in [1.807, 2.05) is 48.8 Å². The average molecular weight is 747 g/mol. The van der Waals surface area contributed by atoms with Gasteiger partial charge in [0.2, 0.25) is 0 Å². The van der Waals surface area contributed by atoms with Crippen molar-refractivity contribution in [3.8, 4) is 0 Å². The molecule has 0 bridgehead atoms. The summed E-state index contributed by atoms with van der Waals surface area (Å²) in [7, 11) is 0. The topological polar surface area (TPSA) is 188 Å². The number of nitrogens with two attached hydrogens (primary N) is 2. The molecule has 4 saturated carbocycles. The third-order valence-corrected chi connectivity index (χ3v) is 13.6. The third kappa shape index (κ3) is 7.67. The summed E-state index contributed by atoms with van der Waals surface area (Å²) in [4.78, 5) is 39.3. The van der Waals surface area contributed by atoms with Crippen molar-refractivity contribution in [2.75, 3.05) is 26.3 Å². The molecule has 0 aliphatic heterocycles. The van der Waals surface area contributed by atoms with E-state index in [0.29, 0.717) is 64.8 Å². The van der Waals surface area contributed by atoms with Crippen LogP contribution in [0.15, 0.2) is 58.8 Å². The van der Waals surface area contributed by atoms with Crippen LogP contribution in [0.2, 0.25) is 0 Å². The molecule has 4 fully saturated rings. The second kappa shape index (κ2) is 16.9. The first-order chi connectivity index (χ1) is 26.1. The number of rotatable bonds is 14. The van der Waals surface area contributed by atoms with E-state index >= 15 is 0 Å². The van der Waals surface area contributed by atoms with Gasteiger partial charge in [-0.25, -0.2) is 9.59 Å². The quantitative estimate of drug-likeness (QED) is 0.0656. The summed E-state index contributed by atoms with van der Waals surface area (Å²) in [5.74, 6) is -1.93. The molecule has 54 heavy (non-hydrogen) atoms. The SMILES string of the molecule is C[C@]12CC[C@H](c3cccc(CO)c3)C[C@@]1(OC(=O)C(=O)O[C@]13CC[C@H](C=NOCCN)[C@@]1(C)CC[C@H](c1cccc(CO)c1)C3)CC[C@@H]2C=NOCCN. The Kier molecular flexibility index (Phi) is 12.5. The number of carbonyl (C=O) groups excluding carboxylic acids is 2. The van der Waals surface area contributed by atoms with E-state index in [1.165, 1.54) is 0 Å². The predicted octanol–water partition coefficient (Wildman–Crippen LogP) is 5.23. The zero-order chi connectivity index (χ0) is 38.4. The Morgan fingerprint density at radius 3 is 1.52 bits per heavy atom. The number of benzene rings is 2. The van der Waals surface area contributed by atoms with Crippen LogP contribution in [0.4, 0.5) is 0 Å². The molecule has 0 saturated heterocycles. The molecule has 12 nitrogen and oxygen atoms in total. The predicted molar refractivity (Wildman–Crippen MR) is 204 cm³/mol. The highest BCUT2D eigenvalue weighted by atomic mass is 16.6. The number of esters is 2. The standard InChI is InChI=1S/C42H58N4O8/c1-39-13-9-33(31-7-3-5-29(21-31)27-47)23-41(39,15-11-35(39)25-45-51-19-17-43)53-37(49)38(50)54-42-16-12-36(26-46-52-20-18-44)40(42,2)14-10-34(24-42)32-8-4-6-30(22-32)28-48/h3-8,21-22,25-26,33-36,47-48H,9-20,23-24,27-28,43-44H2,1-2H3/t33-,34-,35+,36+,39+,40+,41-,42-/m0/s1. The van der Waals surface area contributed by atoms with Gasteiger partial charge in [-0.15, -0.1) is 0 Å². The number of ether oxygens (including phenoxy) is 2. The van der Waals surface area contributed by atoms with E-state index in [-0.39, 0.29) is 36.9 Å². The maximum Gasteiger partial charge on any atom is 0.418 e. The maximum absolute atomic E-state index is 14.3. The summed E-state index contributed by atoms with van der Waals surface area (Å²) in [6.45, 7) is 5.45. The van der Waals surface area contributed by atoms with Crippen molar-refractivity contribution in [2.45, 2.75) is 114 Å². The van der Waals surface area contributed by atoms with Crippen LogP contribution in [0.3, 0.4) is 0 Å². The molecule has 2 aromatic rings. The largest absolute Gasteiger partial charge is 0.450 e. The van der Waals surface area contributed by atoms with Gasteiger partial charge in [0.25, 0.3) is 0 Å². The van der Waals surface area contributed by atoms with E-state index in [4.69, 9.17) is 30.6 Å². The molecule has 0 amide bonds. The van der Waals surface area contributed by atoms with Crippen LogP contribution in [-0.2, 0) is 42.0 Å². The Labute approximate surface area is 318 Å². The zero-order valence-electron chi connectivity index (χ0n) is 31.8. The van der Waals surface area contributed by atoms with Crippen LogP contribution in [0, 0.1) is 22.7 Å². The molecule has 6 rings (SSSR count). The fourth-order valence-corrected chi connectivity index (χ4v) is 10.3. The van der Waals surface area contributed by atoms with Crippen molar-refractivity contribution in [1.29, 1.82) is 0 Å². The second-order valence-electron chi connectivity index (χ2n) is 16.3. The molecule has 0 aromatic heterocycles. The monoisotopic (exact) mass is 746 g/mol. The first-order valence-corrected chi connectivity index (χ1v) is 19.6. The Balaban J connectivity index is 1.28. The van der Waals surface area contributed by atoms with Gasteiger partial charge in [-0.05, 0) is 98.3 Å². The molecular weight excluding hydrogens is 688 g/mol. The van der Waals surface area contributed by atoms with E-state index in [1.54, 1.807) is 0 Å². The molecule has 8 atom stereocenters. The van der Waals surface area contributed by atoms with Gasteiger partial charge in [-0.2, -0.15) is 0 Å². The van der Waals surface area contributed by atoms with Crippen LogP contribution >= 0.6 is 0 Å². The van der Waals surface area contributed by atoms with E-state index in [2.05, 4.69) is 36.3 Å². The van der Waals surface area contributed by atoms with E-state index < -0.39 is 34.0 Å². The van der Waals surface area contributed by atoms with Gasteiger partial charge < -0.3 is 40.8 Å². The highest BCUT2D eigenvalue weighted by molar-refractivity contribution is 6.30. The Morgan fingerprint density at radius 1 is 0.704 bits per heavy atom. The van der Waals surface area contributed by atoms with Crippen molar-refractivity contribution in [3.05, 3.63) is 70.8 Å². The summed E-state index contributed by atoms with van der Waals surface area (Å²) < 4.78 is 13.1. The number of nitrogens with zero attached hydrogens (tertiary/aromatic N) is 2. The van der Waals surface area contributed by atoms with Gasteiger partial charge in [0.15, 0.2) is 0 Å². The number of oxime groups is 2. The lowest BCUT2D eigenvalue weighted by molar-refractivity contribution is -0.206. The van der Waals surface area contributed by atoms with Gasteiger partial charge >= 0.3 is 11.9 Å². The molecule has 0 spiro atoms. The summed E-state index contributed by atoms with van der Waals surface area (Å²) in [5.41, 5.74) is 12.1. The van der Waals surface area contributed by atoms with Crippen LogP contribution in [-0.4, -0.2) is 72.1 Å². The number of carbonyl (C=O) groups is 2. The average Bonchev–Trinajstić information content (AvgIpc) is 3.63. The van der Waals surface area contributed by atoms with Crippen molar-refractivity contribution < 1.29 is 39.0 Å². The summed E-state index contributed by atoms with van der Waals surface area (Å²) in [6, 6.07) is 15.8.